The number of nitrogens with one attached hydrogen (secondary N) is 1. The highest BCUT2D eigenvalue weighted by molar-refractivity contribution is 5.70. The molecule has 0 aliphatic heterocycles. The first-order valence-electron chi connectivity index (χ1n) is 9.31. The van der Waals surface area contributed by atoms with Crippen molar-refractivity contribution in [3.63, 3.8) is 0 Å². The minimum Gasteiger partial charge on any atom is -0.462 e. The Morgan fingerprint density at radius 2 is 1.89 bits per heavy atom. The van der Waals surface area contributed by atoms with Gasteiger partial charge in [0.2, 0.25) is 0 Å². The van der Waals surface area contributed by atoms with Crippen LogP contribution in [0.4, 0.5) is 13.2 Å². The molecule has 0 aliphatic rings. The van der Waals surface area contributed by atoms with Crippen molar-refractivity contribution >= 4 is 12.2 Å². The van der Waals surface area contributed by atoms with E-state index in [1.165, 1.54) is 25.5 Å². The lowest BCUT2D eigenvalue weighted by atomic mass is 10.1. The van der Waals surface area contributed by atoms with Gasteiger partial charge in [0.05, 0.1) is 5.69 Å². The summed E-state index contributed by atoms with van der Waals surface area (Å²) in [6.07, 6.45) is 6.42. The van der Waals surface area contributed by atoms with Crippen molar-refractivity contribution in [1.29, 1.82) is 0 Å². The summed E-state index contributed by atoms with van der Waals surface area (Å²) in [5.74, 6) is 1.70. The monoisotopic (exact) mass is 389 g/mol. The first-order valence-corrected chi connectivity index (χ1v) is 9.31. The van der Waals surface area contributed by atoms with Crippen LogP contribution >= 0.6 is 0 Å². The summed E-state index contributed by atoms with van der Waals surface area (Å²) in [4.78, 5) is 4.11. The van der Waals surface area contributed by atoms with Crippen LogP contribution in [-0.4, -0.2) is 15.2 Å². The van der Waals surface area contributed by atoms with Gasteiger partial charge in [-0.25, -0.2) is 0 Å². The second-order valence-electron chi connectivity index (χ2n) is 6.59. The van der Waals surface area contributed by atoms with Crippen LogP contribution in [0.25, 0.3) is 23.5 Å². The largest absolute Gasteiger partial charge is 0.462 e. The number of halogens is 3. The Kier molecular flexibility index (Phi) is 6.34. The van der Waals surface area contributed by atoms with Gasteiger partial charge in [-0.1, -0.05) is 32.3 Å². The van der Waals surface area contributed by atoms with E-state index in [2.05, 4.69) is 17.0 Å². The average molecular weight is 389 g/mol. The molecule has 3 heterocycles. The molecule has 4 nitrogen and oxygen atoms in total. The predicted molar refractivity (Wildman–Crippen MR) is 102 cm³/mol. The number of aryl methyl sites for hydroxylation is 1. The third-order valence-electron chi connectivity index (χ3n) is 4.33. The van der Waals surface area contributed by atoms with Gasteiger partial charge < -0.3 is 4.42 Å². The number of rotatable bonds is 8. The smallest absolute Gasteiger partial charge is 0.432 e. The molecule has 28 heavy (non-hydrogen) atoms. The molecule has 0 aliphatic carbocycles. The number of aromatic nitrogens is 3. The van der Waals surface area contributed by atoms with Crippen LogP contribution in [0.2, 0.25) is 0 Å². The minimum absolute atomic E-state index is 0.148. The molecule has 0 atom stereocenters. The highest BCUT2D eigenvalue weighted by Crippen LogP contribution is 2.30. The molecule has 3 rings (SSSR count). The van der Waals surface area contributed by atoms with E-state index in [9.17, 15) is 13.2 Å². The second-order valence-corrected chi connectivity index (χ2v) is 6.59. The lowest BCUT2D eigenvalue weighted by molar-refractivity contribution is -0.141. The number of pyridine rings is 1. The second kappa shape index (κ2) is 8.91. The molecule has 0 saturated heterocycles. The zero-order chi connectivity index (χ0) is 20.0. The van der Waals surface area contributed by atoms with Crippen molar-refractivity contribution in [2.24, 2.45) is 0 Å². The summed E-state index contributed by atoms with van der Waals surface area (Å²) in [5.41, 5.74) is 0.412. The first-order chi connectivity index (χ1) is 13.5. The summed E-state index contributed by atoms with van der Waals surface area (Å²) in [6.45, 7) is 2.18. The molecule has 0 bridgehead atoms. The van der Waals surface area contributed by atoms with Crippen LogP contribution in [0.15, 0.2) is 40.9 Å². The van der Waals surface area contributed by atoms with E-state index < -0.39 is 11.9 Å². The van der Waals surface area contributed by atoms with Crippen molar-refractivity contribution in [2.45, 2.75) is 45.2 Å². The van der Waals surface area contributed by atoms with Crippen molar-refractivity contribution in [2.75, 3.05) is 0 Å². The normalized spacial score (nSPS) is 12.1. The number of nitrogens with zero attached hydrogens (tertiary/aromatic N) is 2. The van der Waals surface area contributed by atoms with E-state index in [-0.39, 0.29) is 5.69 Å². The molecule has 0 aromatic carbocycles. The van der Waals surface area contributed by atoms with Crippen LogP contribution in [-0.2, 0) is 12.6 Å². The molecule has 0 saturated carbocycles. The summed E-state index contributed by atoms with van der Waals surface area (Å²) in [7, 11) is 0. The highest BCUT2D eigenvalue weighted by atomic mass is 19.4. The highest BCUT2D eigenvalue weighted by Gasteiger charge is 2.33. The van der Waals surface area contributed by atoms with Gasteiger partial charge in [-0.05, 0) is 48.4 Å². The molecule has 3 aromatic heterocycles. The Hall–Kier alpha value is -2.83. The van der Waals surface area contributed by atoms with Gasteiger partial charge >= 0.3 is 6.18 Å². The number of H-pyrrole nitrogens is 1. The lowest BCUT2D eigenvalue weighted by Crippen LogP contribution is -2.04. The minimum atomic E-state index is -4.46. The standard InChI is InChI=1S/C21H22F3N3O/c1-2-3-4-5-6-16-9-10-17(28-16)8-7-15-11-12-25-18(13-15)19-14-20(27-26-19)21(22,23)24/h7-14H,2-6H2,1H3,(H,26,27)/b8-7+. The number of aromatic amines is 1. The molecule has 0 amide bonds. The molecular weight excluding hydrogens is 367 g/mol. The number of hydrogen-bond acceptors (Lipinski definition) is 3. The predicted octanol–water partition coefficient (Wildman–Crippen LogP) is 6.38. The summed E-state index contributed by atoms with van der Waals surface area (Å²) in [5, 5.41) is 5.71. The summed E-state index contributed by atoms with van der Waals surface area (Å²) in [6, 6.07) is 8.30. The molecule has 0 radical (unpaired) electrons. The Bertz CT molecular complexity index is 925. The van der Waals surface area contributed by atoms with Crippen LogP contribution in [0.3, 0.4) is 0 Å². The SMILES string of the molecule is CCCCCCc1ccc(/C=C/c2ccnc(-c3cc(C(F)(F)F)[nH]n3)c2)o1. The fraction of sp³-hybridized carbons (Fsp3) is 0.333. The van der Waals surface area contributed by atoms with Crippen LogP contribution < -0.4 is 0 Å². The van der Waals surface area contributed by atoms with Crippen molar-refractivity contribution in [3.8, 4) is 11.4 Å². The van der Waals surface area contributed by atoms with E-state index in [4.69, 9.17) is 4.42 Å². The number of hydrogen-bond donors (Lipinski definition) is 1. The molecule has 148 valence electrons. The average Bonchev–Trinajstić information content (AvgIpc) is 3.33. The topological polar surface area (TPSA) is 54.7 Å². The van der Waals surface area contributed by atoms with Gasteiger partial charge in [-0.15, -0.1) is 0 Å². The summed E-state index contributed by atoms with van der Waals surface area (Å²) < 4.78 is 43.9. The molecule has 0 unspecified atom stereocenters. The number of furan rings is 1. The molecule has 0 spiro atoms. The maximum Gasteiger partial charge on any atom is 0.432 e. The molecule has 0 fully saturated rings. The maximum atomic E-state index is 12.7. The van der Waals surface area contributed by atoms with Gasteiger partial charge in [-0.3, -0.25) is 10.1 Å². The molecule has 1 N–H and O–H groups in total. The first kappa shape index (κ1) is 19.9. The number of unbranched alkanes of at least 4 members (excludes halogenated alkanes) is 3. The lowest BCUT2D eigenvalue weighted by Gasteiger charge is -2.00. The maximum absolute atomic E-state index is 12.7. The zero-order valence-electron chi connectivity index (χ0n) is 15.6. The van der Waals surface area contributed by atoms with E-state index >= 15 is 0 Å². The summed E-state index contributed by atoms with van der Waals surface area (Å²) >= 11 is 0. The molecule has 3 aromatic rings. The van der Waals surface area contributed by atoms with Crippen LogP contribution in [0, 0.1) is 0 Å². The quantitative estimate of drug-likeness (QED) is 0.455. The Morgan fingerprint density at radius 3 is 2.64 bits per heavy atom. The molecular formula is C21H22F3N3O. The van der Waals surface area contributed by atoms with E-state index in [0.29, 0.717) is 5.69 Å². The third kappa shape index (κ3) is 5.34. The fourth-order valence-electron chi connectivity index (χ4n) is 2.81. The fourth-order valence-corrected chi connectivity index (χ4v) is 2.81. The zero-order valence-corrected chi connectivity index (χ0v) is 15.6. The molecule has 7 heteroatoms. The Morgan fingerprint density at radius 1 is 1.04 bits per heavy atom. The number of alkyl halides is 3. The van der Waals surface area contributed by atoms with E-state index in [0.717, 1.165) is 36.0 Å². The van der Waals surface area contributed by atoms with Crippen molar-refractivity contribution in [1.82, 2.24) is 15.2 Å². The Labute approximate surface area is 161 Å². The van der Waals surface area contributed by atoms with Crippen LogP contribution in [0.5, 0.6) is 0 Å². The van der Waals surface area contributed by atoms with Gasteiger partial charge in [0.15, 0.2) is 0 Å². The van der Waals surface area contributed by atoms with Gasteiger partial charge in [0.1, 0.15) is 22.9 Å². The van der Waals surface area contributed by atoms with Crippen LogP contribution in [0.1, 0.15) is 55.4 Å². The third-order valence-corrected chi connectivity index (χ3v) is 4.33. The van der Waals surface area contributed by atoms with E-state index in [1.807, 2.05) is 29.4 Å². The van der Waals surface area contributed by atoms with Gasteiger partial charge in [0, 0.05) is 12.6 Å². The van der Waals surface area contributed by atoms with Crippen molar-refractivity contribution in [3.05, 3.63) is 59.3 Å². The Balaban J connectivity index is 1.66. The van der Waals surface area contributed by atoms with E-state index in [1.54, 1.807) is 12.1 Å². The van der Waals surface area contributed by atoms with Gasteiger partial charge in [-0.2, -0.15) is 18.3 Å². The van der Waals surface area contributed by atoms with Crippen molar-refractivity contribution < 1.29 is 17.6 Å². The van der Waals surface area contributed by atoms with Gasteiger partial charge in [0.25, 0.3) is 0 Å².